The summed E-state index contributed by atoms with van der Waals surface area (Å²) in [5.41, 5.74) is 0.0930. The molecule has 0 radical (unpaired) electrons. The van der Waals surface area contributed by atoms with Crippen molar-refractivity contribution in [2.24, 2.45) is 5.92 Å². The Bertz CT molecular complexity index is 421. The Kier molecular flexibility index (Phi) is 5.07. The van der Waals surface area contributed by atoms with E-state index in [9.17, 15) is 14.5 Å². The summed E-state index contributed by atoms with van der Waals surface area (Å²) in [6, 6.07) is 3.61. The van der Waals surface area contributed by atoms with Crippen molar-refractivity contribution in [2.45, 2.75) is 39.7 Å². The average Bonchev–Trinajstić information content (AvgIpc) is 2.29. The zero-order valence-corrected chi connectivity index (χ0v) is 10.9. The second-order valence-corrected chi connectivity index (χ2v) is 4.94. The van der Waals surface area contributed by atoms with Gasteiger partial charge < -0.3 is 5.32 Å². The van der Waals surface area contributed by atoms with Gasteiger partial charge in [-0.3, -0.25) is 10.1 Å². The number of hydrogen-bond acceptors (Lipinski definition) is 3. The van der Waals surface area contributed by atoms with Gasteiger partial charge in [-0.1, -0.05) is 13.8 Å². The van der Waals surface area contributed by atoms with Crippen LogP contribution in [0.3, 0.4) is 0 Å². The van der Waals surface area contributed by atoms with Crippen LogP contribution in [0.15, 0.2) is 18.2 Å². The molecule has 1 aromatic carbocycles. The van der Waals surface area contributed by atoms with Gasteiger partial charge in [0, 0.05) is 18.2 Å². The van der Waals surface area contributed by atoms with E-state index in [1.165, 1.54) is 12.1 Å². The number of nitrogens with zero attached hydrogens (tertiary/aromatic N) is 1. The SMILES string of the molecule is CC(C)CCC(C)Nc1cc([N+](=O)[O-])ccc1F. The third-order valence-electron chi connectivity index (χ3n) is 2.74. The minimum atomic E-state index is -0.524. The van der Waals surface area contributed by atoms with E-state index in [-0.39, 0.29) is 17.4 Å². The summed E-state index contributed by atoms with van der Waals surface area (Å²) in [6.07, 6.45) is 1.94. The highest BCUT2D eigenvalue weighted by atomic mass is 19.1. The Morgan fingerprint density at radius 3 is 2.56 bits per heavy atom. The summed E-state index contributed by atoms with van der Waals surface area (Å²) in [4.78, 5) is 10.1. The van der Waals surface area contributed by atoms with Crippen LogP contribution in [-0.4, -0.2) is 11.0 Å². The Balaban J connectivity index is 2.71. The van der Waals surface area contributed by atoms with Crippen molar-refractivity contribution in [2.75, 3.05) is 5.32 Å². The predicted octanol–water partition coefficient (Wildman–Crippen LogP) is 3.97. The van der Waals surface area contributed by atoms with E-state index in [0.29, 0.717) is 5.92 Å². The van der Waals surface area contributed by atoms with Crippen molar-refractivity contribution >= 4 is 11.4 Å². The molecule has 0 aliphatic carbocycles. The normalized spacial score (nSPS) is 12.5. The van der Waals surface area contributed by atoms with Crippen molar-refractivity contribution in [1.29, 1.82) is 0 Å². The van der Waals surface area contributed by atoms with Crippen LogP contribution >= 0.6 is 0 Å². The maximum absolute atomic E-state index is 13.5. The first-order valence-corrected chi connectivity index (χ1v) is 6.10. The number of halogens is 1. The molecule has 0 saturated heterocycles. The fourth-order valence-corrected chi connectivity index (χ4v) is 1.66. The van der Waals surface area contributed by atoms with Gasteiger partial charge in [-0.15, -0.1) is 0 Å². The molecule has 100 valence electrons. The lowest BCUT2D eigenvalue weighted by molar-refractivity contribution is -0.384. The summed E-state index contributed by atoms with van der Waals surface area (Å²) >= 11 is 0. The van der Waals surface area contributed by atoms with E-state index >= 15 is 0 Å². The third kappa shape index (κ3) is 4.31. The summed E-state index contributed by atoms with van der Waals surface area (Å²) in [6.45, 7) is 6.20. The molecule has 5 heteroatoms. The molecule has 1 N–H and O–H groups in total. The summed E-state index contributed by atoms with van der Waals surface area (Å²) < 4.78 is 13.5. The fraction of sp³-hybridized carbons (Fsp3) is 0.538. The molecule has 18 heavy (non-hydrogen) atoms. The molecule has 0 fully saturated rings. The summed E-state index contributed by atoms with van der Waals surface area (Å²) in [7, 11) is 0. The Hall–Kier alpha value is -1.65. The molecule has 1 atom stereocenters. The number of rotatable bonds is 6. The molecule has 0 amide bonds. The topological polar surface area (TPSA) is 55.2 Å². The Morgan fingerprint density at radius 2 is 2.00 bits per heavy atom. The maximum atomic E-state index is 13.5. The first kappa shape index (κ1) is 14.4. The molecule has 0 saturated carbocycles. The van der Waals surface area contributed by atoms with E-state index in [4.69, 9.17) is 0 Å². The average molecular weight is 254 g/mol. The van der Waals surface area contributed by atoms with Crippen LogP contribution in [0.1, 0.15) is 33.6 Å². The smallest absolute Gasteiger partial charge is 0.271 e. The molecule has 0 aromatic heterocycles. The number of nitrogens with one attached hydrogen (secondary N) is 1. The van der Waals surface area contributed by atoms with Gasteiger partial charge in [0.1, 0.15) is 5.82 Å². The first-order chi connectivity index (χ1) is 8.40. The highest BCUT2D eigenvalue weighted by Gasteiger charge is 2.12. The molecule has 0 bridgehead atoms. The number of nitro groups is 1. The van der Waals surface area contributed by atoms with E-state index in [1.807, 2.05) is 6.92 Å². The minimum absolute atomic E-state index is 0.0869. The maximum Gasteiger partial charge on any atom is 0.271 e. The van der Waals surface area contributed by atoms with Crippen LogP contribution in [0.25, 0.3) is 0 Å². The molecule has 0 spiro atoms. The van der Waals surface area contributed by atoms with Gasteiger partial charge in [0.05, 0.1) is 10.6 Å². The lowest BCUT2D eigenvalue weighted by Gasteiger charge is -2.16. The van der Waals surface area contributed by atoms with Crippen LogP contribution in [0, 0.1) is 21.8 Å². The minimum Gasteiger partial charge on any atom is -0.380 e. The van der Waals surface area contributed by atoms with Crippen molar-refractivity contribution in [3.05, 3.63) is 34.1 Å². The molecule has 0 heterocycles. The highest BCUT2D eigenvalue weighted by Crippen LogP contribution is 2.22. The number of nitro benzene ring substituents is 1. The highest BCUT2D eigenvalue weighted by molar-refractivity contribution is 5.52. The third-order valence-corrected chi connectivity index (χ3v) is 2.74. The Labute approximate surface area is 106 Å². The second kappa shape index (κ2) is 6.33. The van der Waals surface area contributed by atoms with Crippen LogP contribution < -0.4 is 5.32 Å². The fourth-order valence-electron chi connectivity index (χ4n) is 1.66. The number of hydrogen-bond donors (Lipinski definition) is 1. The summed E-state index contributed by atoms with van der Waals surface area (Å²) in [5.74, 6) is 0.126. The monoisotopic (exact) mass is 254 g/mol. The molecule has 1 aromatic rings. The van der Waals surface area contributed by atoms with Gasteiger partial charge in [-0.2, -0.15) is 0 Å². The van der Waals surface area contributed by atoms with E-state index in [2.05, 4.69) is 19.2 Å². The van der Waals surface area contributed by atoms with Crippen molar-refractivity contribution < 1.29 is 9.31 Å². The van der Waals surface area contributed by atoms with E-state index in [0.717, 1.165) is 18.9 Å². The summed E-state index contributed by atoms with van der Waals surface area (Å²) in [5, 5.41) is 13.6. The van der Waals surface area contributed by atoms with Gasteiger partial charge in [-0.25, -0.2) is 4.39 Å². The largest absolute Gasteiger partial charge is 0.380 e. The second-order valence-electron chi connectivity index (χ2n) is 4.94. The lowest BCUT2D eigenvalue weighted by Crippen LogP contribution is -2.16. The molecule has 0 aliphatic heterocycles. The van der Waals surface area contributed by atoms with Gasteiger partial charge in [0.2, 0.25) is 0 Å². The molecular weight excluding hydrogens is 235 g/mol. The lowest BCUT2D eigenvalue weighted by atomic mass is 10.0. The number of benzene rings is 1. The molecule has 0 aliphatic rings. The quantitative estimate of drug-likeness (QED) is 0.617. The predicted molar refractivity (Wildman–Crippen MR) is 70.2 cm³/mol. The van der Waals surface area contributed by atoms with Gasteiger partial charge in [-0.05, 0) is 31.7 Å². The van der Waals surface area contributed by atoms with Gasteiger partial charge in [0.25, 0.3) is 5.69 Å². The van der Waals surface area contributed by atoms with Crippen LogP contribution in [0.4, 0.5) is 15.8 Å². The first-order valence-electron chi connectivity index (χ1n) is 6.10. The van der Waals surface area contributed by atoms with Gasteiger partial charge in [0.15, 0.2) is 0 Å². The molecular formula is C13H19FN2O2. The number of anilines is 1. The van der Waals surface area contributed by atoms with Crippen molar-refractivity contribution in [3.8, 4) is 0 Å². The Morgan fingerprint density at radius 1 is 1.33 bits per heavy atom. The van der Waals surface area contributed by atoms with Crippen molar-refractivity contribution in [3.63, 3.8) is 0 Å². The molecule has 1 unspecified atom stereocenters. The van der Waals surface area contributed by atoms with Crippen LogP contribution in [-0.2, 0) is 0 Å². The van der Waals surface area contributed by atoms with E-state index in [1.54, 1.807) is 0 Å². The van der Waals surface area contributed by atoms with E-state index < -0.39 is 10.7 Å². The van der Waals surface area contributed by atoms with Gasteiger partial charge >= 0.3 is 0 Å². The van der Waals surface area contributed by atoms with Crippen molar-refractivity contribution in [1.82, 2.24) is 0 Å². The standard InChI is InChI=1S/C13H19FN2O2/c1-9(2)4-5-10(3)15-13-8-11(16(17)18)6-7-12(13)14/h6-10,15H,4-5H2,1-3H3. The molecule has 4 nitrogen and oxygen atoms in total. The van der Waals surface area contributed by atoms with Crippen LogP contribution in [0.5, 0.6) is 0 Å². The molecule has 1 rings (SSSR count). The zero-order valence-electron chi connectivity index (χ0n) is 10.9. The zero-order chi connectivity index (χ0) is 13.7. The number of non-ortho nitro benzene ring substituents is 1. The van der Waals surface area contributed by atoms with Crippen LogP contribution in [0.2, 0.25) is 0 Å².